The first kappa shape index (κ1) is 21.2. The summed E-state index contributed by atoms with van der Waals surface area (Å²) in [5, 5.41) is 2.67. The lowest BCUT2D eigenvalue weighted by Gasteiger charge is -2.42. The predicted molar refractivity (Wildman–Crippen MR) is 120 cm³/mol. The van der Waals surface area contributed by atoms with Crippen LogP contribution >= 0.6 is 0 Å². The molecule has 2 rings (SSSR count). The standard InChI is InChI=1S/C25H32OSi/c1-6-7-10-15-22(2)20-21-26-27(25(3,4)5,23-16-11-8-12-17-23)24-18-13-9-14-19-24/h8-9,11-14,16-20H,10,15,21H2,1-5H3/b22-20+. The lowest BCUT2D eigenvalue weighted by Crippen LogP contribution is -2.66. The Bertz CT molecular complexity index is 749. The highest BCUT2D eigenvalue weighted by Crippen LogP contribution is 2.36. The largest absolute Gasteiger partial charge is 0.404 e. The maximum Gasteiger partial charge on any atom is 0.261 e. The lowest BCUT2D eigenvalue weighted by atomic mass is 10.1. The minimum absolute atomic E-state index is 0.0190. The van der Waals surface area contributed by atoms with Crippen LogP contribution in [-0.2, 0) is 4.43 Å². The molecule has 2 aromatic rings. The number of rotatable bonds is 7. The van der Waals surface area contributed by atoms with Crippen LogP contribution in [0.5, 0.6) is 0 Å². The van der Waals surface area contributed by atoms with Crippen LogP contribution in [-0.4, -0.2) is 14.9 Å². The Morgan fingerprint density at radius 1 is 0.963 bits per heavy atom. The van der Waals surface area contributed by atoms with Gasteiger partial charge in [0.2, 0.25) is 0 Å². The van der Waals surface area contributed by atoms with Gasteiger partial charge in [-0.15, -0.1) is 11.8 Å². The number of hydrogen-bond acceptors (Lipinski definition) is 1. The predicted octanol–water partition coefficient (Wildman–Crippen LogP) is 5.31. The highest BCUT2D eigenvalue weighted by atomic mass is 28.4. The summed E-state index contributed by atoms with van der Waals surface area (Å²) < 4.78 is 6.87. The van der Waals surface area contributed by atoms with Gasteiger partial charge < -0.3 is 4.43 Å². The molecule has 0 atom stereocenters. The van der Waals surface area contributed by atoms with Crippen LogP contribution in [0.2, 0.25) is 5.04 Å². The molecule has 0 aliphatic rings. The second kappa shape index (κ2) is 9.74. The van der Waals surface area contributed by atoms with Crippen LogP contribution in [0.15, 0.2) is 72.3 Å². The van der Waals surface area contributed by atoms with E-state index < -0.39 is 8.32 Å². The summed E-state index contributed by atoms with van der Waals surface area (Å²) in [7, 11) is -2.43. The topological polar surface area (TPSA) is 9.23 Å². The van der Waals surface area contributed by atoms with Crippen molar-refractivity contribution >= 4 is 18.7 Å². The molecule has 0 spiro atoms. The van der Waals surface area contributed by atoms with Gasteiger partial charge in [-0.25, -0.2) is 0 Å². The molecular weight excluding hydrogens is 344 g/mol. The van der Waals surface area contributed by atoms with Gasteiger partial charge in [-0.1, -0.05) is 93.1 Å². The Balaban J connectivity index is 2.40. The van der Waals surface area contributed by atoms with E-state index in [1.54, 1.807) is 0 Å². The van der Waals surface area contributed by atoms with Crippen LogP contribution in [0, 0.1) is 11.8 Å². The molecule has 2 heteroatoms. The molecule has 142 valence electrons. The molecule has 0 saturated carbocycles. The quantitative estimate of drug-likeness (QED) is 0.361. The van der Waals surface area contributed by atoms with E-state index in [1.807, 2.05) is 6.92 Å². The molecule has 0 aromatic heterocycles. The second-order valence-electron chi connectivity index (χ2n) is 7.95. The SMILES string of the molecule is CC#CCC/C(C)=C/CO[Si](c1ccccc1)(c1ccccc1)C(C)(C)C. The zero-order chi connectivity index (χ0) is 19.8. The molecule has 0 amide bonds. The van der Waals surface area contributed by atoms with E-state index in [9.17, 15) is 0 Å². The third-order valence-corrected chi connectivity index (χ3v) is 9.97. The van der Waals surface area contributed by atoms with Gasteiger partial charge in [0.05, 0.1) is 6.61 Å². The normalized spacial score (nSPS) is 12.4. The fourth-order valence-electron chi connectivity index (χ4n) is 3.56. The zero-order valence-electron chi connectivity index (χ0n) is 17.4. The van der Waals surface area contributed by atoms with Crippen molar-refractivity contribution in [3.8, 4) is 11.8 Å². The summed E-state index contributed by atoms with van der Waals surface area (Å²) in [6, 6.07) is 21.6. The van der Waals surface area contributed by atoms with Crippen molar-refractivity contribution in [3.05, 3.63) is 72.3 Å². The van der Waals surface area contributed by atoms with E-state index >= 15 is 0 Å². The molecule has 2 aromatic carbocycles. The van der Waals surface area contributed by atoms with Gasteiger partial charge in [0, 0.05) is 6.42 Å². The molecule has 0 heterocycles. The molecule has 0 fully saturated rings. The number of hydrogen-bond donors (Lipinski definition) is 0. The summed E-state index contributed by atoms with van der Waals surface area (Å²) in [5.41, 5.74) is 1.34. The third kappa shape index (κ3) is 5.22. The molecule has 0 N–H and O–H groups in total. The highest BCUT2D eigenvalue weighted by Gasteiger charge is 2.49. The first-order valence-electron chi connectivity index (χ1n) is 9.72. The summed E-state index contributed by atoms with van der Waals surface area (Å²) in [5.74, 6) is 6.10. The Morgan fingerprint density at radius 3 is 1.93 bits per heavy atom. The van der Waals surface area contributed by atoms with E-state index in [0.29, 0.717) is 6.61 Å². The van der Waals surface area contributed by atoms with Crippen molar-refractivity contribution in [2.45, 2.75) is 52.5 Å². The fraction of sp³-hybridized carbons (Fsp3) is 0.360. The van der Waals surface area contributed by atoms with E-state index in [0.717, 1.165) is 12.8 Å². The molecule has 0 radical (unpaired) electrons. The van der Waals surface area contributed by atoms with Crippen LogP contribution in [0.3, 0.4) is 0 Å². The maximum absolute atomic E-state index is 6.87. The van der Waals surface area contributed by atoms with E-state index in [1.165, 1.54) is 15.9 Å². The highest BCUT2D eigenvalue weighted by molar-refractivity contribution is 6.99. The van der Waals surface area contributed by atoms with Gasteiger partial charge in [-0.3, -0.25) is 0 Å². The van der Waals surface area contributed by atoms with E-state index in [4.69, 9.17) is 4.43 Å². The minimum atomic E-state index is -2.43. The van der Waals surface area contributed by atoms with Crippen molar-refractivity contribution in [1.29, 1.82) is 0 Å². The molecule has 0 aliphatic carbocycles. The Kier molecular flexibility index (Phi) is 7.65. The fourth-order valence-corrected chi connectivity index (χ4v) is 8.05. The van der Waals surface area contributed by atoms with Crippen molar-refractivity contribution in [2.24, 2.45) is 0 Å². The number of benzene rings is 2. The van der Waals surface area contributed by atoms with Gasteiger partial charge in [-0.05, 0) is 35.7 Å². The summed E-state index contributed by atoms with van der Waals surface area (Å²) in [6.07, 6.45) is 4.15. The molecule has 0 bridgehead atoms. The first-order valence-corrected chi connectivity index (χ1v) is 11.6. The van der Waals surface area contributed by atoms with Crippen LogP contribution in [0.1, 0.15) is 47.5 Å². The molecule has 27 heavy (non-hydrogen) atoms. The van der Waals surface area contributed by atoms with Crippen molar-refractivity contribution < 1.29 is 4.43 Å². The first-order chi connectivity index (χ1) is 12.9. The second-order valence-corrected chi connectivity index (χ2v) is 12.3. The maximum atomic E-state index is 6.87. The smallest absolute Gasteiger partial charge is 0.261 e. The lowest BCUT2D eigenvalue weighted by molar-refractivity contribution is 0.338. The van der Waals surface area contributed by atoms with Crippen LogP contribution in [0.25, 0.3) is 0 Å². The zero-order valence-corrected chi connectivity index (χ0v) is 18.4. The van der Waals surface area contributed by atoms with Gasteiger partial charge in [0.1, 0.15) is 0 Å². The summed E-state index contributed by atoms with van der Waals surface area (Å²) in [4.78, 5) is 0. The number of allylic oxidation sites excluding steroid dienone is 1. The third-order valence-electron chi connectivity index (χ3n) is 4.97. The Hall–Kier alpha value is -2.08. The average Bonchev–Trinajstić information content (AvgIpc) is 2.66. The van der Waals surface area contributed by atoms with E-state index in [-0.39, 0.29) is 5.04 Å². The van der Waals surface area contributed by atoms with Crippen molar-refractivity contribution in [3.63, 3.8) is 0 Å². The molecule has 0 aliphatic heterocycles. The van der Waals surface area contributed by atoms with Crippen LogP contribution in [0.4, 0.5) is 0 Å². The summed E-state index contributed by atoms with van der Waals surface area (Å²) >= 11 is 0. The molecule has 1 nitrogen and oxygen atoms in total. The van der Waals surface area contributed by atoms with Crippen molar-refractivity contribution in [1.82, 2.24) is 0 Å². The van der Waals surface area contributed by atoms with Crippen molar-refractivity contribution in [2.75, 3.05) is 6.61 Å². The van der Waals surface area contributed by atoms with Gasteiger partial charge in [-0.2, -0.15) is 0 Å². The molecular formula is C25H32OSi. The van der Waals surface area contributed by atoms with Gasteiger partial charge in [0.25, 0.3) is 8.32 Å². The van der Waals surface area contributed by atoms with Gasteiger partial charge >= 0.3 is 0 Å². The van der Waals surface area contributed by atoms with E-state index in [2.05, 4.69) is 106 Å². The summed E-state index contributed by atoms with van der Waals surface area (Å²) in [6.45, 7) is 11.6. The van der Waals surface area contributed by atoms with Crippen LogP contribution < -0.4 is 10.4 Å². The monoisotopic (exact) mass is 376 g/mol. The molecule has 0 saturated heterocycles. The Morgan fingerprint density at radius 2 is 1.48 bits per heavy atom. The molecule has 0 unspecified atom stereocenters. The average molecular weight is 377 g/mol. The minimum Gasteiger partial charge on any atom is -0.404 e. The van der Waals surface area contributed by atoms with Gasteiger partial charge in [0.15, 0.2) is 0 Å². The Labute approximate surface area is 166 Å².